The van der Waals surface area contributed by atoms with E-state index in [0.29, 0.717) is 68.8 Å². The van der Waals surface area contributed by atoms with Crippen LogP contribution in [-0.2, 0) is 28.8 Å². The Kier molecular flexibility index (Phi) is 10.9. The minimum absolute atomic E-state index is 0.0293. The third-order valence-corrected chi connectivity index (χ3v) is 8.38. The van der Waals surface area contributed by atoms with Crippen molar-refractivity contribution in [3.05, 3.63) is 52.6 Å². The van der Waals surface area contributed by atoms with Crippen molar-refractivity contribution in [3.8, 4) is 17.2 Å². The Bertz CT molecular complexity index is 1400. The minimum Gasteiger partial charge on any atom is -0.493 e. The lowest BCUT2D eigenvalue weighted by atomic mass is 9.85. The number of fused-ring (bicyclic) bond motifs is 1. The first-order chi connectivity index (χ1) is 22.1. The highest BCUT2D eigenvalue weighted by Crippen LogP contribution is 2.51. The number of amides is 3. The van der Waals surface area contributed by atoms with E-state index in [2.05, 4.69) is 5.32 Å². The fourth-order valence-electron chi connectivity index (χ4n) is 6.12. The highest BCUT2D eigenvalue weighted by molar-refractivity contribution is 6.07. The first kappa shape index (κ1) is 36.2. The van der Waals surface area contributed by atoms with Crippen LogP contribution in [0.5, 0.6) is 17.2 Å². The van der Waals surface area contributed by atoms with Crippen molar-refractivity contribution < 1.29 is 55.2 Å². The monoisotopic (exact) mass is 674 g/mol. The fourth-order valence-corrected chi connectivity index (χ4v) is 6.12. The number of nitrogens with one attached hydrogen (secondary N) is 1. The molecule has 0 spiro atoms. The van der Waals surface area contributed by atoms with Crippen molar-refractivity contribution in [1.82, 2.24) is 10.2 Å². The summed E-state index contributed by atoms with van der Waals surface area (Å²) in [5, 5.41) is 12.9. The highest BCUT2D eigenvalue weighted by atomic mass is 19.4. The van der Waals surface area contributed by atoms with Crippen LogP contribution < -0.4 is 19.5 Å². The molecule has 0 bridgehead atoms. The Morgan fingerprint density at radius 2 is 1.47 bits per heavy atom. The van der Waals surface area contributed by atoms with Crippen LogP contribution in [0.4, 0.5) is 31.1 Å². The summed E-state index contributed by atoms with van der Waals surface area (Å²) in [4.78, 5) is 27.9. The van der Waals surface area contributed by atoms with Gasteiger partial charge in [0.25, 0.3) is 11.5 Å². The van der Waals surface area contributed by atoms with Gasteiger partial charge in [0.2, 0.25) is 0 Å². The van der Waals surface area contributed by atoms with E-state index < -0.39 is 41.0 Å². The van der Waals surface area contributed by atoms with Gasteiger partial charge in [0, 0.05) is 12.1 Å². The lowest BCUT2D eigenvalue weighted by Crippen LogP contribution is -2.54. The van der Waals surface area contributed by atoms with Crippen molar-refractivity contribution in [2.45, 2.75) is 95.6 Å². The molecule has 0 aromatic heterocycles. The average Bonchev–Trinajstić information content (AvgIpc) is 3.25. The van der Waals surface area contributed by atoms with Gasteiger partial charge in [-0.3, -0.25) is 9.69 Å². The average molecular weight is 675 g/mol. The Balaban J connectivity index is 1.49. The van der Waals surface area contributed by atoms with E-state index in [1.54, 1.807) is 32.0 Å². The van der Waals surface area contributed by atoms with E-state index in [0.717, 1.165) is 17.0 Å². The van der Waals surface area contributed by atoms with Crippen LogP contribution in [0.1, 0.15) is 81.5 Å². The van der Waals surface area contributed by atoms with Crippen LogP contribution in [0.15, 0.2) is 30.3 Å². The number of hydrogen-bond donors (Lipinski definition) is 2. The Labute approximate surface area is 269 Å². The second-order valence-electron chi connectivity index (χ2n) is 11.8. The molecule has 1 fully saturated rings. The van der Waals surface area contributed by atoms with Crippen LogP contribution >= 0.6 is 0 Å². The fraction of sp³-hybridized carbons (Fsp3) is 0.576. The number of nitrogens with zero attached hydrogens (tertiary/aromatic N) is 1. The normalized spacial score (nSPS) is 18.5. The smallest absolute Gasteiger partial charge is 0.430 e. The van der Waals surface area contributed by atoms with Gasteiger partial charge in [-0.1, -0.05) is 46.1 Å². The van der Waals surface area contributed by atoms with Crippen molar-refractivity contribution in [2.75, 3.05) is 26.4 Å². The van der Waals surface area contributed by atoms with Gasteiger partial charge in [-0.15, -0.1) is 0 Å². The number of benzene rings is 2. The lowest BCUT2D eigenvalue weighted by molar-refractivity contribution is -0.376. The summed E-state index contributed by atoms with van der Waals surface area (Å²) >= 11 is 0. The van der Waals surface area contributed by atoms with Gasteiger partial charge in [-0.25, -0.2) is 4.79 Å². The van der Waals surface area contributed by atoms with Crippen LogP contribution in [0.2, 0.25) is 0 Å². The summed E-state index contributed by atoms with van der Waals surface area (Å²) in [7, 11) is 0. The quantitative estimate of drug-likeness (QED) is 0.126. The summed E-state index contributed by atoms with van der Waals surface area (Å²) < 4.78 is 99.3. The standard InChI is InChI=1S/C33H40F6N2O6/c1-4-9-21-18-24(31(44,32(34,35)36)33(37,38)39)19-22(10-5-2)27(21)47-15-8-7-14-41-28(42)30(13-6-3,40-29(41)43)23-11-12-25-26(20-23)46-17-16-45-25/h11-12,18-20,44H,4-10,13-17H2,1-3H3,(H,40,43). The number of carbonyl (C=O) groups excluding carboxylic acids is 2. The number of hydrogen-bond acceptors (Lipinski definition) is 6. The molecule has 260 valence electrons. The molecule has 1 saturated heterocycles. The summed E-state index contributed by atoms with van der Waals surface area (Å²) in [6, 6.07) is 6.04. The Morgan fingerprint density at radius 1 is 0.872 bits per heavy atom. The molecular formula is C33H40F6N2O6. The van der Waals surface area contributed by atoms with Crippen LogP contribution in [-0.4, -0.2) is 60.7 Å². The molecule has 8 nitrogen and oxygen atoms in total. The zero-order valence-electron chi connectivity index (χ0n) is 26.6. The number of urea groups is 1. The third-order valence-electron chi connectivity index (χ3n) is 8.38. The Hall–Kier alpha value is -3.68. The maximum Gasteiger partial charge on any atom is 0.430 e. The number of halogens is 6. The largest absolute Gasteiger partial charge is 0.493 e. The molecule has 47 heavy (non-hydrogen) atoms. The first-order valence-corrected chi connectivity index (χ1v) is 15.8. The molecular weight excluding hydrogens is 634 g/mol. The molecule has 2 aromatic rings. The molecule has 14 heteroatoms. The predicted octanol–water partition coefficient (Wildman–Crippen LogP) is 7.08. The number of aryl methyl sites for hydroxylation is 2. The summed E-state index contributed by atoms with van der Waals surface area (Å²) in [6.07, 6.45) is -9.36. The molecule has 2 heterocycles. The highest BCUT2D eigenvalue weighted by Gasteiger charge is 2.71. The van der Waals surface area contributed by atoms with Gasteiger partial charge >= 0.3 is 18.4 Å². The molecule has 0 saturated carbocycles. The molecule has 2 aliphatic rings. The second kappa shape index (κ2) is 14.2. The van der Waals surface area contributed by atoms with E-state index in [4.69, 9.17) is 14.2 Å². The van der Waals surface area contributed by atoms with E-state index in [1.165, 1.54) is 0 Å². The van der Waals surface area contributed by atoms with E-state index in [9.17, 15) is 41.0 Å². The van der Waals surface area contributed by atoms with Crippen molar-refractivity contribution in [2.24, 2.45) is 0 Å². The van der Waals surface area contributed by atoms with Crippen LogP contribution in [0.3, 0.4) is 0 Å². The van der Waals surface area contributed by atoms with Crippen molar-refractivity contribution in [3.63, 3.8) is 0 Å². The summed E-state index contributed by atoms with van der Waals surface area (Å²) in [5.74, 6) is 0.811. The molecule has 2 aliphatic heterocycles. The molecule has 2 N–H and O–H groups in total. The molecule has 3 amide bonds. The van der Waals surface area contributed by atoms with Crippen LogP contribution in [0.25, 0.3) is 0 Å². The topological polar surface area (TPSA) is 97.3 Å². The number of alkyl halides is 6. The first-order valence-electron chi connectivity index (χ1n) is 15.8. The molecule has 1 unspecified atom stereocenters. The molecule has 1 atom stereocenters. The second-order valence-corrected chi connectivity index (χ2v) is 11.8. The van der Waals surface area contributed by atoms with Gasteiger partial charge < -0.3 is 24.6 Å². The van der Waals surface area contributed by atoms with E-state index >= 15 is 0 Å². The summed E-state index contributed by atoms with van der Waals surface area (Å²) in [6.45, 7) is 6.20. The van der Waals surface area contributed by atoms with E-state index in [-0.39, 0.29) is 42.9 Å². The Morgan fingerprint density at radius 3 is 2.02 bits per heavy atom. The van der Waals surface area contributed by atoms with Gasteiger partial charge in [0.05, 0.1) is 6.61 Å². The number of unbranched alkanes of at least 4 members (excludes halogenated alkanes) is 1. The molecule has 0 aliphatic carbocycles. The maximum absolute atomic E-state index is 13.7. The molecule has 2 aromatic carbocycles. The van der Waals surface area contributed by atoms with Gasteiger partial charge in [0.1, 0.15) is 24.5 Å². The zero-order chi connectivity index (χ0) is 34.6. The van der Waals surface area contributed by atoms with E-state index in [1.807, 2.05) is 6.92 Å². The third kappa shape index (κ3) is 6.97. The van der Waals surface area contributed by atoms with Gasteiger partial charge in [-0.2, -0.15) is 26.3 Å². The van der Waals surface area contributed by atoms with Crippen LogP contribution in [0, 0.1) is 0 Å². The van der Waals surface area contributed by atoms with Crippen molar-refractivity contribution in [1.29, 1.82) is 0 Å². The summed E-state index contributed by atoms with van der Waals surface area (Å²) in [5.41, 5.74) is -6.80. The molecule has 0 radical (unpaired) electrons. The zero-order valence-corrected chi connectivity index (χ0v) is 26.6. The van der Waals surface area contributed by atoms with Crippen molar-refractivity contribution >= 4 is 11.9 Å². The number of aliphatic hydroxyl groups is 1. The molecule has 4 rings (SSSR count). The number of ether oxygens (including phenoxy) is 3. The lowest BCUT2D eigenvalue weighted by Gasteiger charge is -2.33. The predicted molar refractivity (Wildman–Crippen MR) is 159 cm³/mol. The number of carbonyl (C=O) groups is 2. The van der Waals surface area contributed by atoms with Gasteiger partial charge in [0.15, 0.2) is 11.5 Å². The maximum atomic E-state index is 13.7. The number of rotatable bonds is 14. The number of imide groups is 1. The van der Waals surface area contributed by atoms with Gasteiger partial charge in [-0.05, 0) is 73.1 Å². The SMILES string of the molecule is CCCc1cc(C(O)(C(F)(F)F)C(F)(F)F)cc(CCC)c1OCCCCN1C(=O)NC(CCC)(c2ccc3c(c2)OCCO3)C1=O. The minimum atomic E-state index is -6.00.